The van der Waals surface area contributed by atoms with Crippen LogP contribution >= 0.6 is 11.0 Å². The van der Waals surface area contributed by atoms with Crippen molar-refractivity contribution in [3.63, 3.8) is 0 Å². The molecule has 2 rings (SSSR count). The van der Waals surface area contributed by atoms with Crippen molar-refractivity contribution < 1.29 is 22.3 Å². The fourth-order valence-corrected chi connectivity index (χ4v) is 7.14. The number of amidine groups is 1. The molecule has 16 heteroatoms. The number of unbranched alkanes of at least 4 members (excludes halogenated alkanes) is 15. The molecule has 1 aromatic rings. The van der Waals surface area contributed by atoms with E-state index in [-0.39, 0.29) is 23.0 Å². The number of carbonyl (C=O) groups excluding carboxylic acids is 2. The lowest BCUT2D eigenvalue weighted by molar-refractivity contribution is 0.239. The van der Waals surface area contributed by atoms with Crippen molar-refractivity contribution in [1.29, 1.82) is 0 Å². The van der Waals surface area contributed by atoms with Gasteiger partial charge in [-0.3, -0.25) is 5.10 Å². The van der Waals surface area contributed by atoms with Gasteiger partial charge in [-0.15, -0.1) is 0 Å². The molecule has 6 N–H and O–H groups in total. The largest absolute Gasteiger partial charge is 0.338 e. The van der Waals surface area contributed by atoms with Gasteiger partial charge in [0.2, 0.25) is 15.0 Å². The van der Waals surface area contributed by atoms with Gasteiger partial charge in [0.1, 0.15) is 12.2 Å². The summed E-state index contributed by atoms with van der Waals surface area (Å²) in [6, 6.07) is -0.103. The zero-order valence-electron chi connectivity index (χ0n) is 33.9. The van der Waals surface area contributed by atoms with Crippen molar-refractivity contribution in [2.24, 2.45) is 4.40 Å². The molecule has 1 aliphatic rings. The van der Waals surface area contributed by atoms with Crippen LogP contribution in [0.4, 0.5) is 9.59 Å². The second-order valence-corrected chi connectivity index (χ2v) is 16.7. The van der Waals surface area contributed by atoms with E-state index >= 15 is 0 Å². The summed E-state index contributed by atoms with van der Waals surface area (Å²) in [6.45, 7) is 7.29. The Kier molecular flexibility index (Phi) is 31.9. The minimum Gasteiger partial charge on any atom is -0.338 e. The molecular weight excluding hydrogens is 739 g/mol. The third-order valence-electron chi connectivity index (χ3n) is 8.60. The Hall–Kier alpha value is -3.24. The van der Waals surface area contributed by atoms with Crippen LogP contribution in [0.15, 0.2) is 40.2 Å². The Labute approximate surface area is 334 Å². The second-order valence-electron chi connectivity index (χ2n) is 13.7. The molecule has 2 heterocycles. The molecule has 0 aromatic carbocycles. The number of hydrogen-bond acceptors (Lipinski definition) is 9. The van der Waals surface area contributed by atoms with Crippen LogP contribution in [0, 0.1) is 0 Å². The lowest BCUT2D eigenvalue weighted by Gasteiger charge is -2.06. The van der Waals surface area contributed by atoms with Gasteiger partial charge in [-0.1, -0.05) is 83.1 Å². The van der Waals surface area contributed by atoms with Crippen molar-refractivity contribution >= 4 is 44.6 Å². The Balaban J connectivity index is 0.000000550. The average molecular weight is 812 g/mol. The van der Waals surface area contributed by atoms with Crippen LogP contribution in [-0.4, -0.2) is 79.3 Å². The summed E-state index contributed by atoms with van der Waals surface area (Å²) >= 11 is 0. The van der Waals surface area contributed by atoms with Gasteiger partial charge in [-0.25, -0.2) is 28.5 Å². The number of hydrogen-bond donors (Lipinski definition) is 6. The van der Waals surface area contributed by atoms with Gasteiger partial charge in [0.05, 0.1) is 16.7 Å². The lowest BCUT2D eigenvalue weighted by Crippen LogP contribution is -2.36. The van der Waals surface area contributed by atoms with E-state index in [4.69, 9.17) is 4.28 Å². The molecule has 0 saturated heterocycles. The monoisotopic (exact) mass is 812 g/mol. The average Bonchev–Trinajstić information content (AvgIpc) is 3.87. The van der Waals surface area contributed by atoms with E-state index in [9.17, 15) is 18.0 Å². The van der Waals surface area contributed by atoms with Gasteiger partial charge in [0, 0.05) is 32.6 Å². The van der Waals surface area contributed by atoms with E-state index in [0.29, 0.717) is 13.0 Å². The van der Waals surface area contributed by atoms with Gasteiger partial charge in [-0.2, -0.15) is 13.8 Å². The number of nitrogens with zero attached hydrogens (tertiary/aromatic N) is 3. The minimum absolute atomic E-state index is 0.0310. The third-order valence-corrected chi connectivity index (χ3v) is 10.9. The SMILES string of the molecule is C=S1N=C(CCCCCC/C=C\CCCCNC(=O)NCCCCC)NO1.CCCCCNC(=O)NCCCC/C=C\CCCCCS(=O)(=O)c1ncn[nH]1. The first-order valence-electron chi connectivity index (χ1n) is 20.7. The number of amides is 4. The van der Waals surface area contributed by atoms with Crippen molar-refractivity contribution in [3.8, 4) is 0 Å². The van der Waals surface area contributed by atoms with Crippen molar-refractivity contribution in [1.82, 2.24) is 41.9 Å². The number of aromatic amines is 1. The first-order chi connectivity index (χ1) is 26.8. The number of allylic oxidation sites excluding steroid dienone is 4. The van der Waals surface area contributed by atoms with Crippen LogP contribution in [0.25, 0.3) is 0 Å². The molecule has 1 aromatic heterocycles. The van der Waals surface area contributed by atoms with Gasteiger partial charge < -0.3 is 21.3 Å². The highest BCUT2D eigenvalue weighted by atomic mass is 32.2. The number of nitrogens with one attached hydrogen (secondary N) is 6. The highest BCUT2D eigenvalue weighted by Crippen LogP contribution is 2.19. The summed E-state index contributed by atoms with van der Waals surface area (Å²) in [6.07, 6.45) is 33.5. The summed E-state index contributed by atoms with van der Waals surface area (Å²) < 4.78 is 33.1. The smallest absolute Gasteiger partial charge is 0.314 e. The summed E-state index contributed by atoms with van der Waals surface area (Å²) in [4.78, 5) is 26.7. The highest BCUT2D eigenvalue weighted by Gasteiger charge is 2.16. The summed E-state index contributed by atoms with van der Waals surface area (Å²) in [7, 11) is -3.85. The lowest BCUT2D eigenvalue weighted by atomic mass is 10.1. The number of sulfone groups is 1. The van der Waals surface area contributed by atoms with Gasteiger partial charge in [0.25, 0.3) is 0 Å². The van der Waals surface area contributed by atoms with Gasteiger partial charge in [-0.05, 0) is 95.8 Å². The Morgan fingerprint density at radius 1 is 0.691 bits per heavy atom. The molecule has 0 radical (unpaired) electrons. The van der Waals surface area contributed by atoms with Crippen LogP contribution < -0.4 is 26.7 Å². The van der Waals surface area contributed by atoms with Crippen molar-refractivity contribution in [2.45, 2.75) is 160 Å². The molecule has 0 aliphatic carbocycles. The number of H-pyrrole nitrogens is 1. The maximum atomic E-state index is 11.9. The molecule has 1 aliphatic heterocycles. The molecule has 1 unspecified atom stereocenters. The Bertz CT molecular complexity index is 1320. The predicted molar refractivity (Wildman–Crippen MR) is 229 cm³/mol. The van der Waals surface area contributed by atoms with E-state index in [2.05, 4.69) is 90.3 Å². The summed E-state index contributed by atoms with van der Waals surface area (Å²) in [5.41, 5.74) is 2.83. The maximum Gasteiger partial charge on any atom is 0.314 e. The van der Waals surface area contributed by atoms with E-state index in [1.807, 2.05) is 0 Å². The quantitative estimate of drug-likeness (QED) is 0.0238. The molecule has 0 bridgehead atoms. The van der Waals surface area contributed by atoms with Gasteiger partial charge in [0.15, 0.2) is 0 Å². The third kappa shape index (κ3) is 30.6. The standard InChI is InChI=1S/C20H38N4O2S.C19H35N5O3S/c1-3-4-14-17-21-20(25)22-18-15-12-10-8-6-5-7-9-11-13-16-19-23-26-27(2)24-19;1-2-3-11-14-20-18(25)21-15-12-9-7-5-4-6-8-10-13-16-28(26,27)19-22-17-23-24-19/h6,8H,2-5,7,9-18H2,1H3,(H,23,24)(H2,21,22,25);4-5,17H,2-3,6-16H2,1H3,(H2,20,21,25)(H,22,23,24)/b8-6-;5-4-. The van der Waals surface area contributed by atoms with Crippen LogP contribution in [0.1, 0.15) is 155 Å². The van der Waals surface area contributed by atoms with Crippen LogP contribution in [0.5, 0.6) is 0 Å². The maximum absolute atomic E-state index is 11.9. The zero-order valence-corrected chi connectivity index (χ0v) is 35.5. The number of carbonyl (C=O) groups is 2. The van der Waals surface area contributed by atoms with Gasteiger partial charge >= 0.3 is 12.1 Å². The number of aromatic nitrogens is 3. The first kappa shape index (κ1) is 49.8. The fraction of sp³-hybridized carbons (Fsp3) is 0.744. The first-order valence-corrected chi connectivity index (χ1v) is 23.7. The molecule has 0 spiro atoms. The minimum atomic E-state index is -3.32. The molecule has 1 atom stereocenters. The summed E-state index contributed by atoms with van der Waals surface area (Å²) in [5.74, 6) is 4.79. The fourth-order valence-electron chi connectivity index (χ4n) is 5.36. The highest BCUT2D eigenvalue weighted by molar-refractivity contribution is 8.09. The molecule has 4 amide bonds. The number of rotatable bonds is 32. The molecule has 55 heavy (non-hydrogen) atoms. The van der Waals surface area contributed by atoms with Crippen LogP contribution in [0.2, 0.25) is 0 Å². The van der Waals surface area contributed by atoms with E-state index in [1.165, 1.54) is 38.4 Å². The topological polar surface area (TPSA) is 192 Å². The number of urea groups is 2. The molecule has 0 fully saturated rings. The molecular formula is C39H73N9O5S2. The normalized spacial score (nSPS) is 14.0. The molecule has 316 valence electrons. The second kappa shape index (κ2) is 35.2. The Morgan fingerprint density at radius 2 is 1.15 bits per heavy atom. The Morgan fingerprint density at radius 3 is 1.58 bits per heavy atom. The zero-order chi connectivity index (χ0) is 40.1. The van der Waals surface area contributed by atoms with Crippen LogP contribution in [0.3, 0.4) is 0 Å². The van der Waals surface area contributed by atoms with E-state index < -0.39 is 20.8 Å². The van der Waals surface area contributed by atoms with E-state index in [0.717, 1.165) is 128 Å². The molecule has 0 saturated carbocycles. The predicted octanol–water partition coefficient (Wildman–Crippen LogP) is 8.36. The van der Waals surface area contributed by atoms with Crippen LogP contribution in [-0.2, 0) is 14.1 Å². The number of hydroxylamine groups is 1. The molecule has 14 nitrogen and oxygen atoms in total. The van der Waals surface area contributed by atoms with E-state index in [1.54, 1.807) is 0 Å². The summed E-state index contributed by atoms with van der Waals surface area (Å²) in [5, 5.41) is 17.5. The van der Waals surface area contributed by atoms with Crippen molar-refractivity contribution in [2.75, 3.05) is 31.9 Å². The van der Waals surface area contributed by atoms with Crippen molar-refractivity contribution in [3.05, 3.63) is 30.6 Å².